The summed E-state index contributed by atoms with van der Waals surface area (Å²) < 4.78 is 0. The van der Waals surface area contributed by atoms with Gasteiger partial charge < -0.3 is 10.6 Å². The molecule has 0 unspecified atom stereocenters. The highest BCUT2D eigenvalue weighted by molar-refractivity contribution is 6.10. The van der Waals surface area contributed by atoms with E-state index in [-0.39, 0.29) is 5.91 Å². The number of piperazine rings is 1. The first-order valence-electron chi connectivity index (χ1n) is 9.92. The van der Waals surface area contributed by atoms with Crippen LogP contribution in [0.3, 0.4) is 0 Å². The number of anilines is 1. The summed E-state index contributed by atoms with van der Waals surface area (Å²) >= 11 is 0. The van der Waals surface area contributed by atoms with Crippen LogP contribution < -0.4 is 5.73 Å². The minimum Gasteiger partial charge on any atom is -0.384 e. The van der Waals surface area contributed by atoms with Crippen LogP contribution in [0.2, 0.25) is 0 Å². The largest absolute Gasteiger partial charge is 0.384 e. The lowest BCUT2D eigenvalue weighted by molar-refractivity contribution is 0.0628. The predicted molar refractivity (Wildman–Crippen MR) is 116 cm³/mol. The maximum Gasteiger partial charge on any atom is 0.253 e. The highest BCUT2D eigenvalue weighted by atomic mass is 16.2. The molecule has 1 fully saturated rings. The summed E-state index contributed by atoms with van der Waals surface area (Å²) in [6.07, 6.45) is 3.40. The number of carbonyl (C=O) groups is 1. The van der Waals surface area contributed by atoms with Crippen molar-refractivity contribution in [1.82, 2.24) is 19.8 Å². The molecule has 3 heterocycles. The van der Waals surface area contributed by atoms with E-state index in [2.05, 4.69) is 14.9 Å². The second-order valence-corrected chi connectivity index (χ2v) is 7.32. The molecule has 0 spiro atoms. The van der Waals surface area contributed by atoms with Crippen LogP contribution in [-0.2, 0) is 6.54 Å². The molecule has 1 saturated heterocycles. The van der Waals surface area contributed by atoms with Crippen LogP contribution in [0.5, 0.6) is 0 Å². The number of nitrogens with two attached hydrogens (primary N) is 1. The highest BCUT2D eigenvalue weighted by Gasteiger charge is 2.22. The Morgan fingerprint density at radius 1 is 0.933 bits per heavy atom. The zero-order chi connectivity index (χ0) is 20.9. The summed E-state index contributed by atoms with van der Waals surface area (Å²) in [5.41, 5.74) is 9.23. The maximum atomic E-state index is 12.9. The molecular formula is C23H24N6O. The fourth-order valence-electron chi connectivity index (χ4n) is 3.58. The van der Waals surface area contributed by atoms with Crippen molar-refractivity contribution in [2.45, 2.75) is 6.54 Å². The summed E-state index contributed by atoms with van der Waals surface area (Å²) in [4.78, 5) is 25.3. The molecule has 3 aromatic rings. The SMILES string of the molecule is N=C(c1ccc(C(=O)N2CCN(Cc3ccnc(N)c3)CC2)cc1)c1ccccn1. The fourth-order valence-corrected chi connectivity index (χ4v) is 3.58. The van der Waals surface area contributed by atoms with Crippen molar-refractivity contribution in [1.29, 1.82) is 5.41 Å². The molecule has 2 aromatic heterocycles. The smallest absolute Gasteiger partial charge is 0.253 e. The van der Waals surface area contributed by atoms with Gasteiger partial charge in [0, 0.05) is 56.2 Å². The van der Waals surface area contributed by atoms with Gasteiger partial charge in [-0.25, -0.2) is 4.98 Å². The number of hydrogen-bond acceptors (Lipinski definition) is 6. The van der Waals surface area contributed by atoms with Gasteiger partial charge in [0.05, 0.1) is 11.4 Å². The quantitative estimate of drug-likeness (QED) is 0.641. The number of benzene rings is 1. The van der Waals surface area contributed by atoms with Crippen LogP contribution in [-0.4, -0.2) is 57.6 Å². The van der Waals surface area contributed by atoms with E-state index in [1.54, 1.807) is 30.6 Å². The summed E-state index contributed by atoms with van der Waals surface area (Å²) in [5.74, 6) is 0.555. The third-order valence-corrected chi connectivity index (χ3v) is 5.25. The van der Waals surface area contributed by atoms with Gasteiger partial charge in [0.25, 0.3) is 5.91 Å². The third kappa shape index (κ3) is 4.52. The van der Waals surface area contributed by atoms with Crippen LogP contribution >= 0.6 is 0 Å². The van der Waals surface area contributed by atoms with Crippen LogP contribution in [0, 0.1) is 5.41 Å². The number of nitrogens with zero attached hydrogens (tertiary/aromatic N) is 4. The standard InChI is InChI=1S/C23H24N6O/c24-21-15-17(8-10-27-21)16-28-11-13-29(14-12-28)23(30)19-6-4-18(5-7-19)22(25)20-3-1-2-9-26-20/h1-10,15,25H,11-14,16H2,(H2,24,27). The Labute approximate surface area is 175 Å². The third-order valence-electron chi connectivity index (χ3n) is 5.25. The molecule has 7 nitrogen and oxygen atoms in total. The van der Waals surface area contributed by atoms with Gasteiger partial charge in [0.15, 0.2) is 0 Å². The topological polar surface area (TPSA) is 99.2 Å². The van der Waals surface area contributed by atoms with Gasteiger partial charge in [0.2, 0.25) is 0 Å². The van der Waals surface area contributed by atoms with E-state index >= 15 is 0 Å². The maximum absolute atomic E-state index is 12.9. The molecule has 4 rings (SSSR count). The first-order valence-corrected chi connectivity index (χ1v) is 9.92. The molecule has 30 heavy (non-hydrogen) atoms. The van der Waals surface area contributed by atoms with Crippen LogP contribution in [0.4, 0.5) is 5.82 Å². The number of nitrogen functional groups attached to an aromatic ring is 1. The molecule has 3 N–H and O–H groups in total. The Balaban J connectivity index is 1.34. The van der Waals surface area contributed by atoms with Gasteiger partial charge in [-0.05, 0) is 42.0 Å². The molecule has 7 heteroatoms. The van der Waals surface area contributed by atoms with E-state index in [0.717, 1.165) is 30.8 Å². The van der Waals surface area contributed by atoms with E-state index in [1.807, 2.05) is 41.3 Å². The normalized spacial score (nSPS) is 14.5. The monoisotopic (exact) mass is 400 g/mol. The summed E-state index contributed by atoms with van der Waals surface area (Å²) in [6.45, 7) is 3.81. The van der Waals surface area contributed by atoms with Gasteiger partial charge >= 0.3 is 0 Å². The van der Waals surface area contributed by atoms with Crippen molar-refractivity contribution >= 4 is 17.4 Å². The molecule has 1 aliphatic rings. The first-order chi connectivity index (χ1) is 14.6. The van der Waals surface area contributed by atoms with Crippen LogP contribution in [0.15, 0.2) is 67.0 Å². The minimum absolute atomic E-state index is 0.0266. The van der Waals surface area contributed by atoms with Crippen molar-refractivity contribution in [3.8, 4) is 0 Å². The Morgan fingerprint density at radius 2 is 1.67 bits per heavy atom. The van der Waals surface area contributed by atoms with Gasteiger partial charge in [-0.15, -0.1) is 0 Å². The Hall–Kier alpha value is -3.58. The highest BCUT2D eigenvalue weighted by Crippen LogP contribution is 2.14. The molecule has 0 aliphatic carbocycles. The molecule has 0 bridgehead atoms. The van der Waals surface area contributed by atoms with Gasteiger partial charge in [-0.2, -0.15) is 0 Å². The number of pyridine rings is 2. The van der Waals surface area contributed by atoms with Crippen LogP contribution in [0.25, 0.3) is 0 Å². The van der Waals surface area contributed by atoms with Crippen molar-refractivity contribution in [3.05, 3.63) is 89.4 Å². The second-order valence-electron chi connectivity index (χ2n) is 7.32. The first kappa shape index (κ1) is 19.7. The van der Waals surface area contributed by atoms with E-state index in [9.17, 15) is 4.79 Å². The predicted octanol–water partition coefficient (Wildman–Crippen LogP) is 2.43. The van der Waals surface area contributed by atoms with Crippen molar-refractivity contribution in [2.75, 3.05) is 31.9 Å². The van der Waals surface area contributed by atoms with E-state index < -0.39 is 0 Å². The Kier molecular flexibility index (Phi) is 5.81. The average Bonchev–Trinajstić information content (AvgIpc) is 2.79. The summed E-state index contributed by atoms with van der Waals surface area (Å²) in [6, 6.07) is 16.6. The molecule has 152 valence electrons. The molecule has 1 aromatic carbocycles. The lowest BCUT2D eigenvalue weighted by atomic mass is 10.0. The lowest BCUT2D eigenvalue weighted by Crippen LogP contribution is -2.48. The molecule has 0 radical (unpaired) electrons. The molecule has 1 amide bonds. The number of rotatable bonds is 5. The van der Waals surface area contributed by atoms with E-state index in [4.69, 9.17) is 11.1 Å². The Bertz CT molecular complexity index is 1030. The molecule has 0 saturated carbocycles. The number of nitrogens with one attached hydrogen (secondary N) is 1. The second kappa shape index (κ2) is 8.84. The van der Waals surface area contributed by atoms with E-state index in [0.29, 0.717) is 35.9 Å². The molecule has 1 aliphatic heterocycles. The van der Waals surface area contributed by atoms with Crippen molar-refractivity contribution in [3.63, 3.8) is 0 Å². The van der Waals surface area contributed by atoms with Crippen LogP contribution in [0.1, 0.15) is 27.2 Å². The summed E-state index contributed by atoms with van der Waals surface area (Å²) in [5, 5.41) is 8.30. The van der Waals surface area contributed by atoms with E-state index in [1.165, 1.54) is 0 Å². The molecule has 0 atom stereocenters. The lowest BCUT2D eigenvalue weighted by Gasteiger charge is -2.34. The zero-order valence-electron chi connectivity index (χ0n) is 16.7. The van der Waals surface area contributed by atoms with Gasteiger partial charge in [0.1, 0.15) is 5.82 Å². The fraction of sp³-hybridized carbons (Fsp3) is 0.217. The van der Waals surface area contributed by atoms with Gasteiger partial charge in [-0.3, -0.25) is 20.1 Å². The number of amides is 1. The minimum atomic E-state index is 0.0266. The number of aromatic nitrogens is 2. The zero-order valence-corrected chi connectivity index (χ0v) is 16.7. The van der Waals surface area contributed by atoms with Crippen molar-refractivity contribution < 1.29 is 4.79 Å². The van der Waals surface area contributed by atoms with Gasteiger partial charge in [-0.1, -0.05) is 18.2 Å². The molecular weight excluding hydrogens is 376 g/mol. The number of carbonyl (C=O) groups excluding carboxylic acids is 1. The Morgan fingerprint density at radius 3 is 2.33 bits per heavy atom. The summed E-state index contributed by atoms with van der Waals surface area (Å²) in [7, 11) is 0. The number of hydrogen-bond donors (Lipinski definition) is 2. The average molecular weight is 400 g/mol. The van der Waals surface area contributed by atoms with Crippen molar-refractivity contribution in [2.24, 2.45) is 0 Å².